The molecule has 6 rings (SSSR count). The van der Waals surface area contributed by atoms with E-state index in [0.29, 0.717) is 62.1 Å². The number of benzene rings is 2. The molecule has 0 saturated heterocycles. The summed E-state index contributed by atoms with van der Waals surface area (Å²) in [6.07, 6.45) is 3.26. The van der Waals surface area contributed by atoms with Crippen molar-refractivity contribution in [1.82, 2.24) is 39.5 Å². The zero-order valence-electron chi connectivity index (χ0n) is 40.3. The third-order valence-corrected chi connectivity index (χ3v) is 14.6. The molecule has 0 bridgehead atoms. The van der Waals surface area contributed by atoms with Gasteiger partial charge in [-0.05, 0) is 130 Å². The Morgan fingerprint density at radius 2 is 1.12 bits per heavy atom. The summed E-state index contributed by atoms with van der Waals surface area (Å²) >= 11 is 9.86. The highest BCUT2D eigenvalue weighted by Crippen LogP contribution is 2.39. The van der Waals surface area contributed by atoms with Gasteiger partial charge >= 0.3 is 0 Å². The molecule has 21 heteroatoms. The number of hydrogen-bond donors (Lipinski definition) is 2. The molecule has 4 aromatic heterocycles. The fourth-order valence-electron chi connectivity index (χ4n) is 6.23. The van der Waals surface area contributed by atoms with Gasteiger partial charge in [0.2, 0.25) is 27.2 Å². The summed E-state index contributed by atoms with van der Waals surface area (Å²) in [5.41, 5.74) is 12.1. The van der Waals surface area contributed by atoms with Crippen LogP contribution < -0.4 is 20.5 Å². The largest absolute Gasteiger partial charge is 0.481 e. The van der Waals surface area contributed by atoms with E-state index in [1.807, 2.05) is 33.8 Å². The molecule has 0 aliphatic heterocycles. The fourth-order valence-corrected chi connectivity index (χ4v) is 9.05. The van der Waals surface area contributed by atoms with Crippen LogP contribution in [0, 0.1) is 11.6 Å². The summed E-state index contributed by atoms with van der Waals surface area (Å²) in [5.74, 6) is 1.07. The van der Waals surface area contributed by atoms with Gasteiger partial charge in [0, 0.05) is 70.7 Å². The topological polar surface area (TPSA) is 162 Å². The highest BCUT2D eigenvalue weighted by atomic mass is 79.9. The molecule has 67 heavy (non-hydrogen) atoms. The second kappa shape index (κ2) is 25.5. The molecular formula is C46H63Br3F2N10O4Si2. The zero-order valence-corrected chi connectivity index (χ0v) is 47.1. The lowest BCUT2D eigenvalue weighted by molar-refractivity contribution is 0.0764. The van der Waals surface area contributed by atoms with Crippen molar-refractivity contribution in [2.24, 2.45) is 0 Å². The number of nitrogens with zero attached hydrogens (tertiary/aromatic N) is 8. The second-order valence-electron chi connectivity index (χ2n) is 18.5. The molecule has 4 heterocycles. The summed E-state index contributed by atoms with van der Waals surface area (Å²) in [4.78, 5) is 16.7. The summed E-state index contributed by atoms with van der Waals surface area (Å²) in [6, 6.07) is 15.4. The predicted molar refractivity (Wildman–Crippen MR) is 280 cm³/mol. The lowest BCUT2D eigenvalue weighted by Gasteiger charge is -2.20. The van der Waals surface area contributed by atoms with Crippen molar-refractivity contribution in [1.29, 1.82) is 0 Å². The Bertz CT molecular complexity index is 2540. The number of nitrogens with one attached hydrogen (secondary N) is 1. The third-order valence-electron chi connectivity index (χ3n) is 9.97. The van der Waals surface area contributed by atoms with Gasteiger partial charge in [-0.2, -0.15) is 9.97 Å². The highest BCUT2D eigenvalue weighted by Gasteiger charge is 2.20. The van der Waals surface area contributed by atoms with Gasteiger partial charge in [-0.25, -0.2) is 28.1 Å². The van der Waals surface area contributed by atoms with E-state index in [-0.39, 0.29) is 30.2 Å². The number of halogens is 5. The van der Waals surface area contributed by atoms with E-state index in [0.717, 1.165) is 40.6 Å². The molecular weight excluding hydrogens is 1090 g/mol. The maximum absolute atomic E-state index is 14.6. The quantitative estimate of drug-likeness (QED) is 0.0477. The smallest absolute Gasteiger partial charge is 0.228 e. The van der Waals surface area contributed by atoms with Gasteiger partial charge in [-0.1, -0.05) is 67.0 Å². The Balaban J connectivity index is 0.000000243. The van der Waals surface area contributed by atoms with Gasteiger partial charge in [0.25, 0.3) is 0 Å². The normalized spacial score (nSPS) is 11.6. The van der Waals surface area contributed by atoms with Crippen molar-refractivity contribution >= 4 is 81.3 Å². The average molecular weight is 1150 g/mol. The van der Waals surface area contributed by atoms with E-state index >= 15 is 0 Å². The molecule has 0 fully saturated rings. The highest BCUT2D eigenvalue weighted by molar-refractivity contribution is 9.11. The molecule has 0 aliphatic rings. The van der Waals surface area contributed by atoms with Crippen molar-refractivity contribution in [3.05, 3.63) is 97.9 Å². The molecule has 0 radical (unpaired) electrons. The maximum Gasteiger partial charge on any atom is 0.228 e. The molecule has 364 valence electrons. The molecule has 0 aliphatic carbocycles. The average Bonchev–Trinajstić information content (AvgIpc) is 3.79. The predicted octanol–water partition coefficient (Wildman–Crippen LogP) is 13.1. The first kappa shape index (κ1) is 55.5. The van der Waals surface area contributed by atoms with Gasteiger partial charge in [-0.15, -0.1) is 10.2 Å². The minimum atomic E-state index is -1.19. The van der Waals surface area contributed by atoms with Crippen molar-refractivity contribution in [3.63, 3.8) is 0 Å². The monoisotopic (exact) mass is 1150 g/mol. The maximum atomic E-state index is 14.6. The number of rotatable bonds is 18. The Kier molecular flexibility index (Phi) is 21.1. The lowest BCUT2D eigenvalue weighted by atomic mass is 9.94. The van der Waals surface area contributed by atoms with Crippen LogP contribution in [0.3, 0.4) is 0 Å². The van der Waals surface area contributed by atoms with E-state index in [9.17, 15) is 8.78 Å². The molecule has 0 unspecified atom stereocenters. The number of aromatic nitrogens is 8. The van der Waals surface area contributed by atoms with Gasteiger partial charge in [-0.3, -0.25) is 0 Å². The number of ether oxygens (including phenoxy) is 4. The third kappa shape index (κ3) is 17.7. The second-order valence-corrected chi connectivity index (χ2v) is 31.9. The Hall–Kier alpha value is -4.13. The summed E-state index contributed by atoms with van der Waals surface area (Å²) in [6.45, 7) is 24.1. The molecule has 0 spiro atoms. The summed E-state index contributed by atoms with van der Waals surface area (Å²) in [7, 11) is 0.912. The number of nitrogen functional groups attached to an aromatic ring is 1. The molecule has 2 aromatic carbocycles. The first-order valence-electron chi connectivity index (χ1n) is 21.7. The van der Waals surface area contributed by atoms with E-state index < -0.39 is 16.1 Å². The molecule has 6 aromatic rings. The number of anilines is 3. The summed E-state index contributed by atoms with van der Waals surface area (Å²) in [5, 5.41) is 11.9. The van der Waals surface area contributed by atoms with Crippen LogP contribution in [0.1, 0.15) is 50.7 Å². The van der Waals surface area contributed by atoms with Gasteiger partial charge in [0.1, 0.15) is 25.1 Å². The molecule has 0 atom stereocenters. The zero-order chi connectivity index (χ0) is 49.6. The van der Waals surface area contributed by atoms with E-state index in [1.165, 1.54) is 24.2 Å². The lowest BCUT2D eigenvalue weighted by Crippen LogP contribution is -2.22. The van der Waals surface area contributed by atoms with Gasteiger partial charge in [0.15, 0.2) is 4.73 Å². The Morgan fingerprint density at radius 3 is 1.60 bits per heavy atom. The van der Waals surface area contributed by atoms with Crippen molar-refractivity contribution < 1.29 is 27.7 Å². The van der Waals surface area contributed by atoms with E-state index in [2.05, 4.69) is 123 Å². The first-order valence-corrected chi connectivity index (χ1v) is 31.5. The summed E-state index contributed by atoms with van der Waals surface area (Å²) < 4.78 is 55.2. The number of hydrogen-bond acceptors (Lipinski definition) is 12. The Morgan fingerprint density at radius 1 is 0.657 bits per heavy atom. The van der Waals surface area contributed by atoms with Crippen LogP contribution in [-0.4, -0.2) is 83.1 Å². The molecule has 3 N–H and O–H groups in total. The van der Waals surface area contributed by atoms with Crippen LogP contribution in [0.25, 0.3) is 22.3 Å². The number of nitrogens with two attached hydrogens (primary N) is 1. The molecule has 0 saturated carbocycles. The SMILES string of the molecule is COc1cc(-c2cc(F)cc(C(C)C)c2N)ccn1.COc1cc(-c2cc(F)cc(C(C)C)c2Nc2nc(Br)nn2COCC[Si](C)(C)C)ccn1.C[Si](C)(C)CCOCn1nc(Br)nc1Br. The minimum absolute atomic E-state index is 0.0680. The van der Waals surface area contributed by atoms with Crippen LogP contribution in [0.5, 0.6) is 11.8 Å². The van der Waals surface area contributed by atoms with Crippen LogP contribution in [0.4, 0.5) is 26.1 Å². The first-order chi connectivity index (χ1) is 31.5. The number of pyridine rings is 2. The molecule has 0 amide bonds. The van der Waals surface area contributed by atoms with Crippen molar-refractivity contribution in [2.75, 3.05) is 38.5 Å². The standard InChI is InChI=1S/C23H31BrFN5O2Si.C15H17FN2O.C8H15Br2N3OSi/c1-15(2)18-12-17(25)13-19(16-7-8-26-20(11-16)31-3)21(18)27-23-28-22(24)29-30(23)14-32-9-10-33(4,5)6;1-9(2)12-7-11(16)8-13(15(12)17)10-4-5-18-14(6-10)19-3;1-15(2,3)5-4-14-6-13-8(10)11-7(9)12-13/h7-8,11-13,15H,9-10,14H2,1-6H3,(H,27,28,29);4-9H,17H2,1-3H3;4-6H2,1-3H3. The van der Waals surface area contributed by atoms with Gasteiger partial charge in [0.05, 0.1) is 19.9 Å². The van der Waals surface area contributed by atoms with E-state index in [4.69, 9.17) is 24.7 Å². The van der Waals surface area contributed by atoms with Crippen molar-refractivity contribution in [2.45, 2.75) is 104 Å². The van der Waals surface area contributed by atoms with Gasteiger partial charge < -0.3 is 30.0 Å². The number of methoxy groups -OCH3 is 2. The Labute approximate surface area is 420 Å². The van der Waals surface area contributed by atoms with E-state index in [1.54, 1.807) is 60.2 Å². The van der Waals surface area contributed by atoms with Crippen LogP contribution in [0.15, 0.2) is 75.1 Å². The van der Waals surface area contributed by atoms with Crippen LogP contribution in [0.2, 0.25) is 51.4 Å². The fraction of sp³-hybridized carbons (Fsp3) is 0.435. The minimum Gasteiger partial charge on any atom is -0.481 e. The molecule has 14 nitrogen and oxygen atoms in total. The van der Waals surface area contributed by atoms with Crippen LogP contribution in [-0.2, 0) is 22.9 Å². The van der Waals surface area contributed by atoms with Crippen LogP contribution >= 0.6 is 47.8 Å². The van der Waals surface area contributed by atoms with Crippen molar-refractivity contribution in [3.8, 4) is 34.0 Å².